The van der Waals surface area contributed by atoms with Crippen molar-refractivity contribution in [1.82, 2.24) is 34.2 Å². The van der Waals surface area contributed by atoms with Crippen LogP contribution in [0.1, 0.15) is 41.1 Å². The highest BCUT2D eigenvalue weighted by Crippen LogP contribution is 2.31. The Labute approximate surface area is 238 Å². The Morgan fingerprint density at radius 2 is 1.90 bits per heavy atom. The third-order valence-corrected chi connectivity index (χ3v) is 7.70. The molecule has 0 unspecified atom stereocenters. The van der Waals surface area contributed by atoms with Crippen molar-refractivity contribution in [3.63, 3.8) is 0 Å². The number of oxazole rings is 1. The summed E-state index contributed by atoms with van der Waals surface area (Å²) in [5.74, 6) is 1.07. The summed E-state index contributed by atoms with van der Waals surface area (Å²) >= 11 is 0. The van der Waals surface area contributed by atoms with Crippen molar-refractivity contribution >= 4 is 23.1 Å². The molecule has 1 saturated heterocycles. The number of ketones is 1. The summed E-state index contributed by atoms with van der Waals surface area (Å²) in [6.45, 7) is 3.90. The van der Waals surface area contributed by atoms with E-state index in [1.54, 1.807) is 6.20 Å². The van der Waals surface area contributed by atoms with E-state index in [0.29, 0.717) is 23.9 Å². The predicted octanol–water partition coefficient (Wildman–Crippen LogP) is 4.08. The third-order valence-electron chi connectivity index (χ3n) is 7.70. The first-order valence-corrected chi connectivity index (χ1v) is 13.8. The number of fused-ring (bicyclic) bond motifs is 1. The Balaban J connectivity index is 1.25. The van der Waals surface area contributed by atoms with Crippen molar-refractivity contribution in [2.45, 2.75) is 38.6 Å². The Kier molecular flexibility index (Phi) is 7.19. The molecular weight excluding hydrogens is 518 g/mol. The fraction of sp³-hybridized carbons (Fsp3) is 0.333. The molecule has 41 heavy (non-hydrogen) atoms. The van der Waals surface area contributed by atoms with Gasteiger partial charge in [0.25, 0.3) is 0 Å². The highest BCUT2D eigenvalue weighted by atomic mass is 16.3. The van der Waals surface area contributed by atoms with Crippen LogP contribution in [0.2, 0.25) is 0 Å². The first-order chi connectivity index (χ1) is 19.9. The maximum Gasteiger partial charge on any atom is 0.247 e. The molecule has 1 aliphatic heterocycles. The van der Waals surface area contributed by atoms with Crippen LogP contribution in [0.3, 0.4) is 0 Å². The fourth-order valence-electron chi connectivity index (χ4n) is 5.34. The highest BCUT2D eigenvalue weighted by molar-refractivity contribution is 5.99. The number of aromatic nitrogens is 6. The zero-order valence-corrected chi connectivity index (χ0v) is 23.5. The van der Waals surface area contributed by atoms with Crippen LogP contribution in [0.4, 0.5) is 11.6 Å². The van der Waals surface area contributed by atoms with Gasteiger partial charge >= 0.3 is 0 Å². The minimum Gasteiger partial charge on any atom is -0.443 e. The summed E-state index contributed by atoms with van der Waals surface area (Å²) in [5.41, 5.74) is 10.6. The van der Waals surface area contributed by atoms with Gasteiger partial charge in [-0.05, 0) is 64.5 Å². The van der Waals surface area contributed by atoms with Gasteiger partial charge in [-0.1, -0.05) is 6.07 Å². The topological polar surface area (TPSA) is 132 Å². The van der Waals surface area contributed by atoms with E-state index in [1.807, 2.05) is 47.9 Å². The number of Topliss-reactive ketones (excluding diaryl/α,β-unsaturated/α-hetero) is 1. The number of aryl methyl sites for hydroxylation is 2. The molecule has 0 spiro atoms. The number of nitrogens with zero attached hydrogens (tertiary/aromatic N) is 8. The van der Waals surface area contributed by atoms with E-state index in [0.717, 1.165) is 54.3 Å². The lowest BCUT2D eigenvalue weighted by molar-refractivity contribution is 0.0978. The summed E-state index contributed by atoms with van der Waals surface area (Å²) in [6, 6.07) is 10.4. The molecule has 0 aromatic carbocycles. The molecule has 6 rings (SSSR count). The molecule has 6 heterocycles. The van der Waals surface area contributed by atoms with Crippen LogP contribution >= 0.6 is 0 Å². The minimum absolute atomic E-state index is 0.0392. The van der Waals surface area contributed by atoms with Crippen LogP contribution in [-0.2, 0) is 6.42 Å². The number of hydrogen-bond acceptors (Lipinski definition) is 10. The van der Waals surface area contributed by atoms with E-state index in [1.165, 1.54) is 12.5 Å². The van der Waals surface area contributed by atoms with Crippen LogP contribution < -0.4 is 10.6 Å². The van der Waals surface area contributed by atoms with Gasteiger partial charge in [0.1, 0.15) is 29.1 Å². The van der Waals surface area contributed by atoms with Gasteiger partial charge in [-0.3, -0.25) is 4.79 Å². The Hall–Kier alpha value is -4.64. The van der Waals surface area contributed by atoms with Crippen LogP contribution in [0.25, 0.3) is 28.5 Å². The molecule has 2 N–H and O–H groups in total. The fourth-order valence-corrected chi connectivity index (χ4v) is 5.34. The van der Waals surface area contributed by atoms with Crippen LogP contribution in [-0.4, -0.2) is 73.2 Å². The molecule has 210 valence electrons. The minimum atomic E-state index is -0.200. The van der Waals surface area contributed by atoms with E-state index in [9.17, 15) is 4.79 Å². The first kappa shape index (κ1) is 26.6. The number of anilines is 2. The van der Waals surface area contributed by atoms with Crippen molar-refractivity contribution in [2.24, 2.45) is 0 Å². The standard InChI is InChI=1S/C30H33N9O2/c1-19-17-33-24-10-7-20(18-39(19)24)26-28(30-32-13-16-41-30)36-29(31)27(35-26)23(40)9-8-21-5-4-6-25(34-21)38-14-11-22(12-15-38)37(2)3/h4-7,10,13,16-18,22H,8-9,11-12,14-15H2,1-3H3,(H2,31,36). The lowest BCUT2D eigenvalue weighted by Gasteiger charge is -2.35. The second kappa shape index (κ2) is 11.1. The monoisotopic (exact) mass is 551 g/mol. The van der Waals surface area contributed by atoms with Crippen molar-refractivity contribution in [3.05, 3.63) is 72.3 Å². The summed E-state index contributed by atoms with van der Waals surface area (Å²) in [5, 5.41) is 0. The van der Waals surface area contributed by atoms with E-state index >= 15 is 0 Å². The number of carbonyl (C=O) groups is 1. The van der Waals surface area contributed by atoms with Gasteiger partial charge in [0.2, 0.25) is 5.89 Å². The van der Waals surface area contributed by atoms with Gasteiger partial charge in [0.05, 0.1) is 6.20 Å². The molecule has 5 aromatic rings. The number of nitrogens with two attached hydrogens (primary N) is 1. The number of rotatable bonds is 8. The molecule has 0 aliphatic carbocycles. The van der Waals surface area contributed by atoms with Gasteiger partial charge in [0.15, 0.2) is 17.3 Å². The van der Waals surface area contributed by atoms with Crippen molar-refractivity contribution < 1.29 is 9.21 Å². The van der Waals surface area contributed by atoms with Crippen molar-refractivity contribution in [3.8, 4) is 22.8 Å². The number of piperidine rings is 1. The quantitative estimate of drug-likeness (QED) is 0.281. The maximum absolute atomic E-state index is 13.5. The van der Waals surface area contributed by atoms with Gasteiger partial charge in [-0.25, -0.2) is 24.9 Å². The Bertz CT molecular complexity index is 1690. The third kappa shape index (κ3) is 5.40. The summed E-state index contributed by atoms with van der Waals surface area (Å²) in [7, 11) is 4.27. The number of carbonyl (C=O) groups excluding carboxylic acids is 1. The molecule has 11 heteroatoms. The SMILES string of the molecule is Cc1cnc2ccc(-c3nc(C(=O)CCc4cccc(N5CCC(N(C)C)CC5)n4)c(N)nc3-c3ncco3)cn12. The zero-order chi connectivity index (χ0) is 28.5. The Morgan fingerprint density at radius 1 is 1.07 bits per heavy atom. The number of hydrogen-bond donors (Lipinski definition) is 1. The van der Waals surface area contributed by atoms with E-state index in [4.69, 9.17) is 20.1 Å². The average Bonchev–Trinajstić information content (AvgIpc) is 3.66. The molecule has 0 saturated carbocycles. The molecular formula is C30H33N9O2. The van der Waals surface area contributed by atoms with Gasteiger partial charge in [-0.15, -0.1) is 0 Å². The average molecular weight is 552 g/mol. The molecule has 0 bridgehead atoms. The first-order valence-electron chi connectivity index (χ1n) is 13.8. The highest BCUT2D eigenvalue weighted by Gasteiger charge is 2.24. The van der Waals surface area contributed by atoms with Gasteiger partial charge < -0.3 is 24.4 Å². The maximum atomic E-state index is 13.5. The molecule has 1 fully saturated rings. The molecule has 1 aliphatic rings. The van der Waals surface area contributed by atoms with Gasteiger partial charge in [-0.2, -0.15) is 0 Å². The van der Waals surface area contributed by atoms with E-state index in [-0.39, 0.29) is 29.6 Å². The zero-order valence-electron chi connectivity index (χ0n) is 23.5. The van der Waals surface area contributed by atoms with Crippen molar-refractivity contribution in [2.75, 3.05) is 37.8 Å². The van der Waals surface area contributed by atoms with Crippen LogP contribution in [0, 0.1) is 6.92 Å². The molecule has 11 nitrogen and oxygen atoms in total. The number of pyridine rings is 2. The lowest BCUT2D eigenvalue weighted by atomic mass is 10.0. The lowest BCUT2D eigenvalue weighted by Crippen LogP contribution is -2.42. The number of imidazole rings is 1. The summed E-state index contributed by atoms with van der Waals surface area (Å²) in [6.07, 6.45) is 9.59. The molecule has 0 amide bonds. The summed E-state index contributed by atoms with van der Waals surface area (Å²) < 4.78 is 7.48. The van der Waals surface area contributed by atoms with Crippen LogP contribution in [0.15, 0.2) is 59.6 Å². The van der Waals surface area contributed by atoms with Gasteiger partial charge in [0, 0.05) is 54.9 Å². The summed E-state index contributed by atoms with van der Waals surface area (Å²) in [4.78, 5) is 40.9. The molecule has 0 atom stereocenters. The van der Waals surface area contributed by atoms with Crippen LogP contribution in [0.5, 0.6) is 0 Å². The second-order valence-corrected chi connectivity index (χ2v) is 10.6. The van der Waals surface area contributed by atoms with E-state index in [2.05, 4.69) is 38.8 Å². The second-order valence-electron chi connectivity index (χ2n) is 10.6. The Morgan fingerprint density at radius 3 is 2.66 bits per heavy atom. The van der Waals surface area contributed by atoms with E-state index < -0.39 is 0 Å². The predicted molar refractivity (Wildman–Crippen MR) is 157 cm³/mol. The largest absolute Gasteiger partial charge is 0.443 e. The smallest absolute Gasteiger partial charge is 0.247 e. The number of nitrogen functional groups attached to an aromatic ring is 1. The molecule has 5 aromatic heterocycles. The van der Waals surface area contributed by atoms with Crippen molar-refractivity contribution in [1.29, 1.82) is 0 Å². The molecule has 0 radical (unpaired) electrons. The normalized spacial score (nSPS) is 14.3.